The first kappa shape index (κ1) is 31.8. The number of hydrogen-bond acceptors (Lipinski definition) is 9. The average molecular weight is 488 g/mol. The normalized spacial score (nSPS) is 11.4. The third kappa shape index (κ3) is 16.5. The Morgan fingerprint density at radius 2 is 1.00 bits per heavy atom. The molecule has 0 bridgehead atoms. The van der Waals surface area contributed by atoms with Crippen molar-refractivity contribution >= 4 is 23.9 Å². The van der Waals surface area contributed by atoms with Gasteiger partial charge in [0.25, 0.3) is 0 Å². The van der Waals surface area contributed by atoms with E-state index in [1.165, 1.54) is 0 Å². The number of carbonyl (C=O) groups is 4. The molecule has 0 heterocycles. The highest BCUT2D eigenvalue weighted by Crippen LogP contribution is 2.23. The maximum Gasteiger partial charge on any atom is 0.307 e. The maximum atomic E-state index is 12.3. The van der Waals surface area contributed by atoms with Crippen LogP contribution in [0.3, 0.4) is 0 Å². The lowest BCUT2D eigenvalue weighted by molar-refractivity contribution is -0.170. The molecule has 0 rings (SSSR count). The van der Waals surface area contributed by atoms with E-state index in [1.54, 1.807) is 7.05 Å². The van der Waals surface area contributed by atoms with E-state index in [0.29, 0.717) is 37.6 Å². The number of hydrogen-bond donors (Lipinski definition) is 1. The summed E-state index contributed by atoms with van der Waals surface area (Å²) in [6.45, 7) is 9.47. The van der Waals surface area contributed by atoms with Crippen molar-refractivity contribution in [2.45, 2.75) is 79.6 Å². The summed E-state index contributed by atoms with van der Waals surface area (Å²) in [5.74, 6) is -1.04. The molecule has 0 amide bonds. The number of esters is 4. The molecular formula is C25H45NO8. The highest BCUT2D eigenvalue weighted by atomic mass is 16.6. The Bertz CT molecular complexity index is 590. The van der Waals surface area contributed by atoms with Crippen LogP contribution in [0, 0.1) is 17.3 Å². The lowest BCUT2D eigenvalue weighted by Crippen LogP contribution is -2.44. The predicted octanol–water partition coefficient (Wildman–Crippen LogP) is 3.43. The molecule has 0 saturated carbocycles. The fourth-order valence-electron chi connectivity index (χ4n) is 2.72. The van der Waals surface area contributed by atoms with E-state index >= 15 is 0 Å². The molecule has 0 fully saturated rings. The molecule has 0 atom stereocenters. The molecule has 0 radical (unpaired) electrons. The van der Waals surface area contributed by atoms with Gasteiger partial charge in [0, 0.05) is 25.8 Å². The lowest BCUT2D eigenvalue weighted by Gasteiger charge is -2.31. The molecule has 198 valence electrons. The van der Waals surface area contributed by atoms with Crippen LogP contribution >= 0.6 is 0 Å². The second-order valence-corrected chi connectivity index (χ2v) is 9.61. The van der Waals surface area contributed by atoms with Gasteiger partial charge in [-0.2, -0.15) is 0 Å². The Labute approximate surface area is 204 Å². The molecular weight excluding hydrogens is 442 g/mol. The van der Waals surface area contributed by atoms with E-state index in [2.05, 4.69) is 5.32 Å². The van der Waals surface area contributed by atoms with Crippen LogP contribution in [0.2, 0.25) is 0 Å². The summed E-state index contributed by atoms with van der Waals surface area (Å²) >= 11 is 0. The number of carbonyl (C=O) groups excluding carboxylic acids is 4. The molecule has 0 unspecified atom stereocenters. The SMILES string of the molecule is CCCC(=O)OCC(COC(=O)CCNC)(COC(=O)CCC(C)C)COC(=O)CCC(C)C. The first-order chi connectivity index (χ1) is 16.0. The summed E-state index contributed by atoms with van der Waals surface area (Å²) in [6, 6.07) is 0. The van der Waals surface area contributed by atoms with Crippen molar-refractivity contribution in [1.82, 2.24) is 5.32 Å². The van der Waals surface area contributed by atoms with Crippen molar-refractivity contribution < 1.29 is 38.1 Å². The van der Waals surface area contributed by atoms with Crippen LogP contribution in [-0.2, 0) is 38.1 Å². The van der Waals surface area contributed by atoms with Gasteiger partial charge in [0.1, 0.15) is 31.8 Å². The van der Waals surface area contributed by atoms with Crippen molar-refractivity contribution in [3.63, 3.8) is 0 Å². The minimum absolute atomic E-state index is 0.143. The van der Waals surface area contributed by atoms with Gasteiger partial charge in [-0.05, 0) is 38.1 Å². The fraction of sp³-hybridized carbons (Fsp3) is 0.840. The molecule has 0 saturated heterocycles. The van der Waals surface area contributed by atoms with Gasteiger partial charge in [-0.1, -0.05) is 34.6 Å². The molecule has 0 spiro atoms. The summed E-state index contributed by atoms with van der Waals surface area (Å²) in [5, 5.41) is 2.87. The van der Waals surface area contributed by atoms with Crippen LogP contribution in [0.4, 0.5) is 0 Å². The van der Waals surface area contributed by atoms with Crippen LogP contribution in [0.1, 0.15) is 79.6 Å². The quantitative estimate of drug-likeness (QED) is 0.216. The van der Waals surface area contributed by atoms with E-state index in [-0.39, 0.29) is 52.1 Å². The molecule has 0 aliphatic carbocycles. The molecule has 9 heteroatoms. The van der Waals surface area contributed by atoms with E-state index in [0.717, 1.165) is 0 Å². The molecule has 1 N–H and O–H groups in total. The van der Waals surface area contributed by atoms with Crippen LogP contribution in [0.25, 0.3) is 0 Å². The van der Waals surface area contributed by atoms with Gasteiger partial charge in [-0.3, -0.25) is 19.2 Å². The Morgan fingerprint density at radius 3 is 1.32 bits per heavy atom. The van der Waals surface area contributed by atoms with Crippen LogP contribution < -0.4 is 5.32 Å². The number of ether oxygens (including phenoxy) is 4. The topological polar surface area (TPSA) is 117 Å². The largest absolute Gasteiger partial charge is 0.465 e. The molecule has 0 aliphatic rings. The lowest BCUT2D eigenvalue weighted by atomic mass is 9.92. The molecule has 0 aromatic carbocycles. The molecule has 0 aromatic heterocycles. The first-order valence-corrected chi connectivity index (χ1v) is 12.3. The number of rotatable bonds is 19. The standard InChI is InChI=1S/C25H45NO8/c1-7-8-21(27)31-15-25(18-34-24(30)13-14-26-6,16-32-22(28)11-9-19(2)3)17-33-23(29)12-10-20(4)5/h19-20,26H,7-18H2,1-6H3. The monoisotopic (exact) mass is 487 g/mol. The van der Waals surface area contributed by atoms with E-state index in [9.17, 15) is 19.2 Å². The Balaban J connectivity index is 5.47. The van der Waals surface area contributed by atoms with Gasteiger partial charge in [0.05, 0.1) is 6.42 Å². The minimum atomic E-state index is -1.19. The van der Waals surface area contributed by atoms with Gasteiger partial charge in [-0.15, -0.1) is 0 Å². The van der Waals surface area contributed by atoms with Gasteiger partial charge in [0.2, 0.25) is 0 Å². The van der Waals surface area contributed by atoms with Crippen LogP contribution in [0.15, 0.2) is 0 Å². The molecule has 34 heavy (non-hydrogen) atoms. The third-order valence-electron chi connectivity index (χ3n) is 5.04. The molecule has 0 aromatic rings. The van der Waals surface area contributed by atoms with Crippen molar-refractivity contribution in [3.05, 3.63) is 0 Å². The van der Waals surface area contributed by atoms with Crippen molar-refractivity contribution in [3.8, 4) is 0 Å². The van der Waals surface area contributed by atoms with Gasteiger partial charge in [0.15, 0.2) is 0 Å². The van der Waals surface area contributed by atoms with Crippen molar-refractivity contribution in [2.24, 2.45) is 17.3 Å². The minimum Gasteiger partial charge on any atom is -0.465 e. The second kappa shape index (κ2) is 18.2. The van der Waals surface area contributed by atoms with E-state index < -0.39 is 29.3 Å². The van der Waals surface area contributed by atoms with Crippen molar-refractivity contribution in [1.29, 1.82) is 0 Å². The van der Waals surface area contributed by atoms with E-state index in [1.807, 2.05) is 34.6 Å². The highest BCUT2D eigenvalue weighted by molar-refractivity contribution is 5.71. The summed E-state index contributed by atoms with van der Waals surface area (Å²) < 4.78 is 21.7. The molecule has 0 aliphatic heterocycles. The zero-order valence-corrected chi connectivity index (χ0v) is 21.9. The zero-order chi connectivity index (χ0) is 26.0. The Hall–Kier alpha value is -2.16. The second-order valence-electron chi connectivity index (χ2n) is 9.61. The van der Waals surface area contributed by atoms with E-state index in [4.69, 9.17) is 18.9 Å². The predicted molar refractivity (Wildman–Crippen MR) is 128 cm³/mol. The first-order valence-electron chi connectivity index (χ1n) is 12.3. The smallest absolute Gasteiger partial charge is 0.307 e. The Morgan fingerprint density at radius 1 is 0.647 bits per heavy atom. The summed E-state index contributed by atoms with van der Waals surface area (Å²) in [5.41, 5.74) is -1.19. The van der Waals surface area contributed by atoms with Gasteiger partial charge >= 0.3 is 23.9 Å². The molecule has 9 nitrogen and oxygen atoms in total. The summed E-state index contributed by atoms with van der Waals surface area (Å²) in [6.07, 6.45) is 2.78. The van der Waals surface area contributed by atoms with Crippen LogP contribution in [0.5, 0.6) is 0 Å². The average Bonchev–Trinajstić information content (AvgIpc) is 2.79. The van der Waals surface area contributed by atoms with Gasteiger partial charge in [-0.25, -0.2) is 0 Å². The highest BCUT2D eigenvalue weighted by Gasteiger charge is 2.38. The van der Waals surface area contributed by atoms with Gasteiger partial charge < -0.3 is 24.3 Å². The zero-order valence-electron chi connectivity index (χ0n) is 21.9. The summed E-state index contributed by atoms with van der Waals surface area (Å²) in [4.78, 5) is 48.7. The third-order valence-corrected chi connectivity index (χ3v) is 5.04. The van der Waals surface area contributed by atoms with Crippen molar-refractivity contribution in [2.75, 3.05) is 40.0 Å². The maximum absolute atomic E-state index is 12.3. The Kier molecular flexibility index (Phi) is 17.0. The number of nitrogens with one attached hydrogen (secondary N) is 1. The van der Waals surface area contributed by atoms with Crippen LogP contribution in [-0.4, -0.2) is 63.9 Å². The summed E-state index contributed by atoms with van der Waals surface area (Å²) in [7, 11) is 1.72. The fourth-order valence-corrected chi connectivity index (χ4v) is 2.72.